The van der Waals surface area contributed by atoms with Crippen LogP contribution in [0.15, 0.2) is 35.5 Å². The zero-order chi connectivity index (χ0) is 18.0. The Hall–Kier alpha value is -2.77. The van der Waals surface area contributed by atoms with Gasteiger partial charge >= 0.3 is 5.69 Å². The van der Waals surface area contributed by atoms with Gasteiger partial charge in [-0.3, -0.25) is 25.7 Å². The molecule has 2 aliphatic rings. The summed E-state index contributed by atoms with van der Waals surface area (Å²) < 4.78 is 0. The van der Waals surface area contributed by atoms with Gasteiger partial charge in [0.15, 0.2) is 0 Å². The second-order valence-electron chi connectivity index (χ2n) is 6.63. The molecule has 1 aromatic carbocycles. The van der Waals surface area contributed by atoms with Crippen molar-refractivity contribution < 1.29 is 9.85 Å². The molecular weight excluding hydrogens is 324 g/mol. The van der Waals surface area contributed by atoms with Crippen molar-refractivity contribution in [3.63, 3.8) is 0 Å². The first-order valence-corrected chi connectivity index (χ1v) is 8.38. The number of nitro benzene ring substituents is 2. The average Bonchev–Trinajstić information content (AvgIpc) is 3.06. The quantitative estimate of drug-likeness (QED) is 0.488. The van der Waals surface area contributed by atoms with E-state index in [2.05, 4.69) is 17.1 Å². The fourth-order valence-corrected chi connectivity index (χ4v) is 3.94. The molecule has 0 heterocycles. The van der Waals surface area contributed by atoms with Crippen molar-refractivity contribution in [1.29, 1.82) is 0 Å². The van der Waals surface area contributed by atoms with Gasteiger partial charge in [-0.25, -0.2) is 0 Å². The first kappa shape index (κ1) is 17.1. The summed E-state index contributed by atoms with van der Waals surface area (Å²) in [6.45, 7) is 4.24. The van der Waals surface area contributed by atoms with Crippen LogP contribution in [0.4, 0.5) is 17.1 Å². The number of nitrogens with zero attached hydrogens (tertiary/aromatic N) is 3. The summed E-state index contributed by atoms with van der Waals surface area (Å²) in [7, 11) is 0. The van der Waals surface area contributed by atoms with Gasteiger partial charge < -0.3 is 0 Å². The second kappa shape index (κ2) is 6.62. The van der Waals surface area contributed by atoms with E-state index in [4.69, 9.17) is 0 Å². The molecule has 0 unspecified atom stereocenters. The van der Waals surface area contributed by atoms with Gasteiger partial charge in [-0.15, -0.1) is 0 Å². The van der Waals surface area contributed by atoms with Gasteiger partial charge in [0.1, 0.15) is 5.69 Å². The summed E-state index contributed by atoms with van der Waals surface area (Å²) in [4.78, 5) is 20.8. The number of non-ortho nitro benzene ring substituents is 1. The van der Waals surface area contributed by atoms with E-state index in [1.807, 2.05) is 0 Å². The fourth-order valence-electron chi connectivity index (χ4n) is 3.94. The number of allylic oxidation sites excluding steroid dienone is 1. The van der Waals surface area contributed by atoms with Crippen LogP contribution < -0.4 is 5.43 Å². The minimum absolute atomic E-state index is 0.0825. The fraction of sp³-hybridized carbons (Fsp3) is 0.471. The monoisotopic (exact) mass is 344 g/mol. The standard InChI is InChI=1S/C17H20N4O4/c1-12-5-4-6-16(17(12)9-2-3-10-17)19-18-14-8-7-13(20(22)23)11-15(14)21(24)25/h7-8,11,18H,1-6,9-10H2/b19-16-. The van der Waals surface area contributed by atoms with Crippen LogP contribution in [0.25, 0.3) is 0 Å². The van der Waals surface area contributed by atoms with Crippen LogP contribution in [0.3, 0.4) is 0 Å². The van der Waals surface area contributed by atoms with Crippen LogP contribution in [0.2, 0.25) is 0 Å². The zero-order valence-electron chi connectivity index (χ0n) is 13.9. The maximum atomic E-state index is 11.2. The van der Waals surface area contributed by atoms with Crippen LogP contribution in [-0.2, 0) is 0 Å². The highest BCUT2D eigenvalue weighted by molar-refractivity contribution is 5.94. The van der Waals surface area contributed by atoms with E-state index in [-0.39, 0.29) is 22.5 Å². The molecule has 8 heteroatoms. The van der Waals surface area contributed by atoms with Gasteiger partial charge in [0.25, 0.3) is 5.69 Å². The van der Waals surface area contributed by atoms with E-state index in [0.717, 1.165) is 56.7 Å². The summed E-state index contributed by atoms with van der Waals surface area (Å²) in [6.07, 6.45) is 7.13. The third-order valence-electron chi connectivity index (χ3n) is 5.28. The Kier molecular flexibility index (Phi) is 4.52. The Balaban J connectivity index is 1.91. The van der Waals surface area contributed by atoms with Crippen LogP contribution in [0.5, 0.6) is 0 Å². The number of benzene rings is 1. The maximum absolute atomic E-state index is 11.2. The molecule has 2 aliphatic carbocycles. The van der Waals surface area contributed by atoms with Crippen LogP contribution in [-0.4, -0.2) is 15.6 Å². The Morgan fingerprint density at radius 1 is 1.08 bits per heavy atom. The molecule has 132 valence electrons. The zero-order valence-corrected chi connectivity index (χ0v) is 13.9. The minimum atomic E-state index is -0.651. The Morgan fingerprint density at radius 3 is 2.44 bits per heavy atom. The molecular formula is C17H20N4O4. The first-order chi connectivity index (χ1) is 11.9. The van der Waals surface area contributed by atoms with Crippen LogP contribution in [0.1, 0.15) is 44.9 Å². The van der Waals surface area contributed by atoms with Gasteiger partial charge in [0.05, 0.1) is 15.9 Å². The van der Waals surface area contributed by atoms with E-state index >= 15 is 0 Å². The summed E-state index contributed by atoms with van der Waals surface area (Å²) in [5, 5.41) is 26.5. The Morgan fingerprint density at radius 2 is 1.80 bits per heavy atom. The molecule has 0 atom stereocenters. The first-order valence-electron chi connectivity index (χ1n) is 8.38. The molecule has 2 saturated carbocycles. The SMILES string of the molecule is C=C1CCC/C(=N/Nc2ccc([N+](=O)[O-])cc2[N+](=O)[O-])C12CCCC2. The highest BCUT2D eigenvalue weighted by atomic mass is 16.6. The number of hydrazone groups is 1. The van der Waals surface area contributed by atoms with Gasteiger partial charge in [-0.2, -0.15) is 5.10 Å². The van der Waals surface area contributed by atoms with Crippen molar-refractivity contribution >= 4 is 22.8 Å². The maximum Gasteiger partial charge on any atom is 0.301 e. The van der Waals surface area contributed by atoms with Crippen molar-refractivity contribution in [2.24, 2.45) is 10.5 Å². The number of nitrogens with one attached hydrogen (secondary N) is 1. The van der Waals surface area contributed by atoms with E-state index in [9.17, 15) is 20.2 Å². The number of hydrogen-bond acceptors (Lipinski definition) is 6. The topological polar surface area (TPSA) is 111 Å². The van der Waals surface area contributed by atoms with Crippen molar-refractivity contribution in [3.8, 4) is 0 Å². The lowest BCUT2D eigenvalue weighted by Crippen LogP contribution is -2.34. The lowest BCUT2D eigenvalue weighted by molar-refractivity contribution is -0.393. The molecule has 1 N–H and O–H groups in total. The molecule has 0 aliphatic heterocycles. The third kappa shape index (κ3) is 3.11. The molecule has 0 radical (unpaired) electrons. The highest BCUT2D eigenvalue weighted by Gasteiger charge is 2.43. The number of nitro groups is 2. The molecule has 3 rings (SSSR count). The minimum Gasteiger partial charge on any atom is -0.272 e. The molecule has 2 fully saturated rings. The normalized spacial score (nSPS) is 20.8. The van der Waals surface area contributed by atoms with Crippen molar-refractivity contribution in [3.05, 3.63) is 50.6 Å². The second-order valence-corrected chi connectivity index (χ2v) is 6.63. The largest absolute Gasteiger partial charge is 0.301 e. The predicted octanol–water partition coefficient (Wildman–Crippen LogP) is 4.57. The molecule has 25 heavy (non-hydrogen) atoms. The summed E-state index contributed by atoms with van der Waals surface area (Å²) in [5.41, 5.74) is 4.39. The summed E-state index contributed by atoms with van der Waals surface area (Å²) in [5.74, 6) is 0. The molecule has 0 amide bonds. The molecule has 0 aromatic heterocycles. The van der Waals surface area contributed by atoms with E-state index < -0.39 is 9.85 Å². The van der Waals surface area contributed by atoms with Crippen LogP contribution in [0, 0.1) is 25.6 Å². The van der Waals surface area contributed by atoms with Crippen molar-refractivity contribution in [1.82, 2.24) is 0 Å². The highest BCUT2D eigenvalue weighted by Crippen LogP contribution is 2.50. The predicted molar refractivity (Wildman–Crippen MR) is 94.7 cm³/mol. The third-order valence-corrected chi connectivity index (χ3v) is 5.28. The van der Waals surface area contributed by atoms with E-state index in [1.54, 1.807) is 0 Å². The van der Waals surface area contributed by atoms with Gasteiger partial charge in [0.2, 0.25) is 0 Å². The number of rotatable bonds is 4. The van der Waals surface area contributed by atoms with Gasteiger partial charge in [-0.05, 0) is 38.2 Å². The molecule has 0 saturated heterocycles. The van der Waals surface area contributed by atoms with Gasteiger partial charge in [-0.1, -0.05) is 25.0 Å². The molecule has 0 bridgehead atoms. The summed E-state index contributed by atoms with van der Waals surface area (Å²) in [6, 6.07) is 3.52. The van der Waals surface area contributed by atoms with E-state index in [0.29, 0.717) is 0 Å². The molecule has 1 aromatic rings. The lowest BCUT2D eigenvalue weighted by Gasteiger charge is -2.37. The Bertz CT molecular complexity index is 766. The number of hydrogen-bond donors (Lipinski definition) is 1. The number of anilines is 1. The van der Waals surface area contributed by atoms with Crippen molar-refractivity contribution in [2.75, 3.05) is 5.43 Å². The van der Waals surface area contributed by atoms with Crippen LogP contribution >= 0.6 is 0 Å². The Labute approximate surface area is 144 Å². The molecule has 1 spiro atoms. The summed E-state index contributed by atoms with van der Waals surface area (Å²) >= 11 is 0. The van der Waals surface area contributed by atoms with Crippen molar-refractivity contribution in [2.45, 2.75) is 44.9 Å². The smallest absolute Gasteiger partial charge is 0.272 e. The van der Waals surface area contributed by atoms with Gasteiger partial charge in [0, 0.05) is 17.2 Å². The lowest BCUT2D eigenvalue weighted by atomic mass is 9.68. The molecule has 8 nitrogen and oxygen atoms in total. The van der Waals surface area contributed by atoms with E-state index in [1.165, 1.54) is 17.7 Å². The average molecular weight is 344 g/mol.